The van der Waals surface area contributed by atoms with Crippen molar-refractivity contribution < 1.29 is 44.2 Å². The van der Waals surface area contributed by atoms with Crippen LogP contribution in [0.3, 0.4) is 0 Å². The van der Waals surface area contributed by atoms with Gasteiger partial charge in [0.05, 0.1) is 17.7 Å². The van der Waals surface area contributed by atoms with Gasteiger partial charge in [-0.25, -0.2) is 0 Å². The van der Waals surface area contributed by atoms with Crippen molar-refractivity contribution in [2.45, 2.75) is 30.3 Å². The number of aromatic hydroxyl groups is 1. The van der Waals surface area contributed by atoms with Gasteiger partial charge in [0.1, 0.15) is 22.9 Å². The van der Waals surface area contributed by atoms with Crippen molar-refractivity contribution in [2.75, 3.05) is 6.61 Å². The second-order valence-electron chi connectivity index (χ2n) is 10.6. The van der Waals surface area contributed by atoms with Gasteiger partial charge in [-0.1, -0.05) is 48.0 Å². The minimum atomic E-state index is -4.07. The van der Waals surface area contributed by atoms with Crippen molar-refractivity contribution in [1.82, 2.24) is 0 Å². The molecular formula is C36H31ClFeO6S+2. The number of ether oxygens (including phenoxy) is 2. The first kappa shape index (κ1) is 33.9. The topological polar surface area (TPSA) is 82.1 Å². The summed E-state index contributed by atoms with van der Waals surface area (Å²) in [6.07, 6.45) is 18.0. The SMILES string of the molecule is O=S(=O)(Oc1ccccc1Cl)[C@H]1C[C@H]2O[C@@H]1C(c1ccc(OCC[C]3[CH][CH][CH][CH]3)cc1)=C2c1ccc(O)cc1.[CH]1[CH][CH][CH][CH]1.[Fe+2]. The molecule has 2 saturated carbocycles. The van der Waals surface area contributed by atoms with Crippen molar-refractivity contribution in [3.8, 4) is 17.2 Å². The largest absolute Gasteiger partial charge is 2.00 e. The summed E-state index contributed by atoms with van der Waals surface area (Å²) in [5.41, 5.74) is 3.41. The van der Waals surface area contributed by atoms with Crippen LogP contribution in [0.1, 0.15) is 24.0 Å². The molecule has 1 saturated heterocycles. The van der Waals surface area contributed by atoms with Crippen LogP contribution in [0.4, 0.5) is 0 Å². The molecule has 1 N–H and O–H groups in total. The van der Waals surface area contributed by atoms with Gasteiger partial charge in [-0.2, -0.15) is 8.42 Å². The number of benzene rings is 3. The van der Waals surface area contributed by atoms with E-state index in [1.807, 2.05) is 81.3 Å². The minimum Gasteiger partial charge on any atom is -0.508 e. The molecule has 3 atom stereocenters. The molecule has 6 nitrogen and oxygen atoms in total. The summed E-state index contributed by atoms with van der Waals surface area (Å²) in [5, 5.41) is 9.13. The maximum Gasteiger partial charge on any atom is 2.00 e. The van der Waals surface area contributed by atoms with E-state index in [-0.39, 0.29) is 40.0 Å². The molecule has 3 aromatic rings. The molecule has 0 spiro atoms. The molecule has 2 aliphatic heterocycles. The number of hydrogen-bond donors (Lipinski definition) is 1. The molecule has 2 aliphatic carbocycles. The number of halogens is 1. The van der Waals surface area contributed by atoms with E-state index < -0.39 is 27.6 Å². The first-order valence-electron chi connectivity index (χ1n) is 14.4. The molecule has 3 aromatic carbocycles. The average Bonchev–Trinajstić information content (AvgIpc) is 3.86. The molecule has 2 heterocycles. The summed E-state index contributed by atoms with van der Waals surface area (Å²) < 4.78 is 44.6. The van der Waals surface area contributed by atoms with Crippen LogP contribution >= 0.6 is 11.6 Å². The van der Waals surface area contributed by atoms with Crippen LogP contribution in [0.25, 0.3) is 11.1 Å². The maximum atomic E-state index is 13.4. The molecule has 3 fully saturated rings. The standard InChI is InChI=1S/C31H26ClO6S.C5H5.Fe/c32-25-7-3-4-8-26(25)38-39(34,35)28-19-27-29(21-9-13-23(33)14-10-21)30(31(28)37-27)22-11-15-24(16-12-22)36-18-17-20-5-1-2-6-20;1-2-4-5-3-1;/h1-16,27-28,31,33H,17-19H2;1-5H;/q;;+2/t27-,28+,31+;;/m1../s1. The second kappa shape index (κ2) is 15.4. The number of rotatable bonds is 9. The van der Waals surface area contributed by atoms with Gasteiger partial charge in [0.2, 0.25) is 0 Å². The van der Waals surface area contributed by atoms with Crippen LogP contribution < -0.4 is 8.92 Å². The Morgan fingerprint density at radius 1 is 0.800 bits per heavy atom. The van der Waals surface area contributed by atoms with Crippen LogP contribution in [0.2, 0.25) is 5.02 Å². The first-order chi connectivity index (χ1) is 21.4. The van der Waals surface area contributed by atoms with E-state index in [4.69, 9.17) is 25.3 Å². The van der Waals surface area contributed by atoms with Crippen LogP contribution in [0.5, 0.6) is 17.2 Å². The van der Waals surface area contributed by atoms with Gasteiger partial charge in [0.15, 0.2) is 5.75 Å². The van der Waals surface area contributed by atoms with Gasteiger partial charge < -0.3 is 18.8 Å². The van der Waals surface area contributed by atoms with E-state index in [0.29, 0.717) is 6.61 Å². The number of phenolic OH excluding ortho intramolecular Hbond substituents is 1. The normalized spacial score (nSPS) is 22.6. The van der Waals surface area contributed by atoms with E-state index in [2.05, 4.69) is 12.8 Å². The number of hydrogen-bond acceptors (Lipinski definition) is 6. The van der Waals surface area contributed by atoms with Crippen molar-refractivity contribution >= 4 is 32.9 Å². The van der Waals surface area contributed by atoms with Crippen molar-refractivity contribution in [2.24, 2.45) is 0 Å². The third kappa shape index (κ3) is 8.09. The molecule has 4 aliphatic rings. The molecule has 230 valence electrons. The number of phenols is 1. The Balaban J connectivity index is 0.000000609. The van der Waals surface area contributed by atoms with Crippen LogP contribution in [-0.2, 0) is 31.9 Å². The van der Waals surface area contributed by atoms with Crippen molar-refractivity contribution in [1.29, 1.82) is 0 Å². The zero-order valence-electron chi connectivity index (χ0n) is 24.1. The summed E-state index contributed by atoms with van der Waals surface area (Å²) in [6, 6.07) is 21.0. The summed E-state index contributed by atoms with van der Waals surface area (Å²) in [7, 11) is -4.07. The van der Waals surface area contributed by atoms with Gasteiger partial charge in [-0.05, 0) is 129 Å². The maximum absolute atomic E-state index is 13.4. The zero-order valence-corrected chi connectivity index (χ0v) is 26.8. The summed E-state index contributed by atoms with van der Waals surface area (Å²) >= 11 is 6.17. The van der Waals surface area contributed by atoms with Gasteiger partial charge in [-0.3, -0.25) is 0 Å². The van der Waals surface area contributed by atoms with Gasteiger partial charge >= 0.3 is 27.2 Å². The van der Waals surface area contributed by atoms with E-state index >= 15 is 0 Å². The van der Waals surface area contributed by atoms with E-state index in [1.54, 1.807) is 30.3 Å². The van der Waals surface area contributed by atoms with Gasteiger partial charge in [0.25, 0.3) is 0 Å². The molecule has 2 bridgehead atoms. The predicted octanol–water partition coefficient (Wildman–Crippen LogP) is 7.10. The first-order valence-corrected chi connectivity index (χ1v) is 16.2. The van der Waals surface area contributed by atoms with E-state index in [1.165, 1.54) is 12.0 Å². The average molecular weight is 683 g/mol. The molecule has 0 amide bonds. The molecule has 45 heavy (non-hydrogen) atoms. The van der Waals surface area contributed by atoms with Crippen LogP contribution in [0, 0.1) is 63.7 Å². The van der Waals surface area contributed by atoms with Gasteiger partial charge in [0, 0.05) is 6.42 Å². The Morgan fingerprint density at radius 2 is 1.40 bits per heavy atom. The molecular weight excluding hydrogens is 652 g/mol. The Labute approximate surface area is 282 Å². The third-order valence-electron chi connectivity index (χ3n) is 7.70. The second-order valence-corrected chi connectivity index (χ2v) is 12.7. The monoisotopic (exact) mass is 682 g/mol. The Kier molecular flexibility index (Phi) is 11.6. The molecule has 10 radical (unpaired) electrons. The van der Waals surface area contributed by atoms with Crippen molar-refractivity contribution in [3.05, 3.63) is 153 Å². The fourth-order valence-electron chi connectivity index (χ4n) is 5.61. The number of fused-ring (bicyclic) bond motifs is 2. The van der Waals surface area contributed by atoms with E-state index in [0.717, 1.165) is 34.4 Å². The Hall–Kier alpha value is -2.48. The molecule has 0 unspecified atom stereocenters. The van der Waals surface area contributed by atoms with E-state index in [9.17, 15) is 13.5 Å². The third-order valence-corrected chi connectivity index (χ3v) is 9.60. The Morgan fingerprint density at radius 3 is 2.04 bits per heavy atom. The van der Waals surface area contributed by atoms with Crippen molar-refractivity contribution in [3.63, 3.8) is 0 Å². The minimum absolute atomic E-state index is 0. The number of para-hydroxylation sites is 1. The fraction of sp³-hybridized carbons (Fsp3) is 0.167. The summed E-state index contributed by atoms with van der Waals surface area (Å²) in [5.74, 6) is 2.20. The fourth-order valence-corrected chi connectivity index (χ4v) is 7.26. The Bertz CT molecular complexity index is 1540. The predicted molar refractivity (Wildman–Crippen MR) is 171 cm³/mol. The summed E-state index contributed by atoms with van der Waals surface area (Å²) in [4.78, 5) is 0. The molecule has 9 heteroatoms. The molecule has 7 rings (SSSR count). The van der Waals surface area contributed by atoms with Crippen LogP contribution in [0.15, 0.2) is 72.8 Å². The smallest absolute Gasteiger partial charge is 0.508 e. The van der Waals surface area contributed by atoms with Crippen LogP contribution in [-0.4, -0.2) is 37.6 Å². The van der Waals surface area contributed by atoms with Gasteiger partial charge in [-0.15, -0.1) is 0 Å². The summed E-state index contributed by atoms with van der Waals surface area (Å²) in [6.45, 7) is 0.554. The molecule has 0 aromatic heterocycles. The quantitative estimate of drug-likeness (QED) is 0.192. The zero-order chi connectivity index (χ0) is 30.5.